The largest absolute Gasteiger partial charge is 0.352 e. The molecule has 0 radical (unpaired) electrons. The van der Waals surface area contributed by atoms with Crippen LogP contribution in [0.4, 0.5) is 4.39 Å². The fraction of sp³-hybridized carbons (Fsp3) is 0.188. The van der Waals surface area contributed by atoms with Crippen molar-refractivity contribution in [2.45, 2.75) is 13.3 Å². The zero-order valence-electron chi connectivity index (χ0n) is 11.1. The topological polar surface area (TPSA) is 29.1 Å². The highest BCUT2D eigenvalue weighted by molar-refractivity contribution is 9.10. The van der Waals surface area contributed by atoms with Crippen molar-refractivity contribution >= 4 is 21.8 Å². The fourth-order valence-corrected chi connectivity index (χ4v) is 2.17. The molecule has 0 heterocycles. The van der Waals surface area contributed by atoms with Crippen LogP contribution in [-0.2, 0) is 6.42 Å². The van der Waals surface area contributed by atoms with Crippen LogP contribution in [0.15, 0.2) is 46.9 Å². The summed E-state index contributed by atoms with van der Waals surface area (Å²) in [4.78, 5) is 11.9. The summed E-state index contributed by atoms with van der Waals surface area (Å²) in [5.41, 5.74) is 2.70. The third-order valence-electron chi connectivity index (χ3n) is 2.96. The van der Waals surface area contributed by atoms with Crippen molar-refractivity contribution in [2.24, 2.45) is 0 Å². The zero-order chi connectivity index (χ0) is 14.5. The summed E-state index contributed by atoms with van der Waals surface area (Å²) in [6, 6.07) is 12.5. The van der Waals surface area contributed by atoms with E-state index in [0.717, 1.165) is 6.42 Å². The molecule has 0 saturated heterocycles. The molecule has 0 aliphatic carbocycles. The molecule has 2 nitrogen and oxygen atoms in total. The highest BCUT2D eigenvalue weighted by atomic mass is 79.9. The van der Waals surface area contributed by atoms with Gasteiger partial charge in [0.05, 0.1) is 4.47 Å². The number of amides is 1. The Kier molecular flexibility index (Phi) is 4.90. The Morgan fingerprint density at radius 2 is 2.05 bits per heavy atom. The molecule has 2 aromatic carbocycles. The van der Waals surface area contributed by atoms with Gasteiger partial charge in [0.15, 0.2) is 0 Å². The lowest BCUT2D eigenvalue weighted by Crippen LogP contribution is -2.25. The van der Waals surface area contributed by atoms with E-state index in [2.05, 4.69) is 27.3 Å². The maximum absolute atomic E-state index is 13.3. The second-order valence-corrected chi connectivity index (χ2v) is 5.48. The van der Waals surface area contributed by atoms with Crippen molar-refractivity contribution in [3.05, 3.63) is 69.4 Å². The first-order valence-electron chi connectivity index (χ1n) is 6.35. The Balaban J connectivity index is 1.90. The van der Waals surface area contributed by atoms with E-state index >= 15 is 0 Å². The number of carbonyl (C=O) groups is 1. The maximum atomic E-state index is 13.3. The Morgan fingerprint density at radius 1 is 1.25 bits per heavy atom. The first-order chi connectivity index (χ1) is 9.56. The van der Waals surface area contributed by atoms with Crippen molar-refractivity contribution in [2.75, 3.05) is 6.54 Å². The third-order valence-corrected chi connectivity index (χ3v) is 3.61. The molecule has 0 fully saturated rings. The van der Waals surface area contributed by atoms with Gasteiger partial charge in [-0.05, 0) is 53.0 Å². The summed E-state index contributed by atoms with van der Waals surface area (Å²) in [6.45, 7) is 2.56. The number of rotatable bonds is 4. The van der Waals surface area contributed by atoms with Crippen LogP contribution in [0, 0.1) is 12.7 Å². The zero-order valence-corrected chi connectivity index (χ0v) is 12.7. The summed E-state index contributed by atoms with van der Waals surface area (Å²) < 4.78 is 13.7. The molecule has 0 aromatic heterocycles. The van der Waals surface area contributed by atoms with Crippen molar-refractivity contribution in [1.29, 1.82) is 0 Å². The predicted molar refractivity (Wildman–Crippen MR) is 81.3 cm³/mol. The van der Waals surface area contributed by atoms with Crippen molar-refractivity contribution in [3.63, 3.8) is 0 Å². The highest BCUT2D eigenvalue weighted by Gasteiger charge is 2.08. The molecule has 2 rings (SSSR count). The van der Waals surface area contributed by atoms with E-state index in [9.17, 15) is 9.18 Å². The Bertz CT molecular complexity index is 628. The van der Waals surface area contributed by atoms with Crippen LogP contribution in [0.25, 0.3) is 0 Å². The van der Waals surface area contributed by atoms with E-state index in [1.165, 1.54) is 23.3 Å². The van der Waals surface area contributed by atoms with Gasteiger partial charge in [-0.15, -0.1) is 0 Å². The quantitative estimate of drug-likeness (QED) is 0.902. The molecule has 1 amide bonds. The number of hydrogen-bond acceptors (Lipinski definition) is 1. The van der Waals surface area contributed by atoms with Crippen LogP contribution >= 0.6 is 15.9 Å². The van der Waals surface area contributed by atoms with Gasteiger partial charge in [-0.3, -0.25) is 4.79 Å². The van der Waals surface area contributed by atoms with E-state index in [1.807, 2.05) is 25.1 Å². The molecule has 0 saturated carbocycles. The molecular formula is C16H15BrFNO. The molecule has 2 aromatic rings. The molecule has 20 heavy (non-hydrogen) atoms. The van der Waals surface area contributed by atoms with E-state index < -0.39 is 5.82 Å². The van der Waals surface area contributed by atoms with E-state index in [-0.39, 0.29) is 5.91 Å². The summed E-state index contributed by atoms with van der Waals surface area (Å²) in [5, 5.41) is 2.79. The van der Waals surface area contributed by atoms with Crippen LogP contribution in [-0.4, -0.2) is 12.5 Å². The molecule has 104 valence electrons. The monoisotopic (exact) mass is 335 g/mol. The van der Waals surface area contributed by atoms with Crippen LogP contribution in [0.5, 0.6) is 0 Å². The van der Waals surface area contributed by atoms with Crippen molar-refractivity contribution < 1.29 is 9.18 Å². The lowest BCUT2D eigenvalue weighted by molar-refractivity contribution is 0.0953. The van der Waals surface area contributed by atoms with Crippen molar-refractivity contribution in [3.8, 4) is 0 Å². The lowest BCUT2D eigenvalue weighted by atomic mass is 10.1. The third kappa shape index (κ3) is 3.90. The summed E-state index contributed by atoms with van der Waals surface area (Å²) in [5.74, 6) is -0.694. The van der Waals surface area contributed by atoms with Gasteiger partial charge in [0.1, 0.15) is 5.82 Å². The predicted octanol–water partition coefficient (Wildman–Crippen LogP) is 3.87. The van der Waals surface area contributed by atoms with Crippen LogP contribution in [0.3, 0.4) is 0 Å². The first kappa shape index (κ1) is 14.7. The summed E-state index contributed by atoms with van der Waals surface area (Å²) in [6.07, 6.45) is 0.756. The Labute approximate surface area is 126 Å². The van der Waals surface area contributed by atoms with Crippen LogP contribution in [0.1, 0.15) is 21.5 Å². The van der Waals surface area contributed by atoms with Gasteiger partial charge in [0.25, 0.3) is 5.91 Å². The minimum absolute atomic E-state index is 0.260. The molecule has 0 spiro atoms. The van der Waals surface area contributed by atoms with Crippen LogP contribution in [0.2, 0.25) is 0 Å². The number of halogens is 2. The molecule has 0 bridgehead atoms. The highest BCUT2D eigenvalue weighted by Crippen LogP contribution is 2.16. The van der Waals surface area contributed by atoms with Crippen molar-refractivity contribution in [1.82, 2.24) is 5.32 Å². The second kappa shape index (κ2) is 6.66. The minimum atomic E-state index is -0.434. The SMILES string of the molecule is Cc1cccc(CCNC(=O)c2ccc(Br)c(F)c2)c1. The Morgan fingerprint density at radius 3 is 2.75 bits per heavy atom. The standard InChI is InChI=1S/C16H15BrFNO/c1-11-3-2-4-12(9-11)7-8-19-16(20)13-5-6-14(17)15(18)10-13/h2-6,9-10H,7-8H2,1H3,(H,19,20). The van der Waals surface area contributed by atoms with Gasteiger partial charge in [-0.2, -0.15) is 0 Å². The van der Waals surface area contributed by atoms with Gasteiger partial charge >= 0.3 is 0 Å². The minimum Gasteiger partial charge on any atom is -0.352 e. The summed E-state index contributed by atoms with van der Waals surface area (Å²) >= 11 is 3.06. The van der Waals surface area contributed by atoms with Gasteiger partial charge in [-0.25, -0.2) is 4.39 Å². The second-order valence-electron chi connectivity index (χ2n) is 4.62. The number of hydrogen-bond donors (Lipinski definition) is 1. The number of nitrogens with one attached hydrogen (secondary N) is 1. The molecule has 1 N–H and O–H groups in total. The normalized spacial score (nSPS) is 10.3. The van der Waals surface area contributed by atoms with E-state index in [0.29, 0.717) is 16.6 Å². The first-order valence-corrected chi connectivity index (χ1v) is 7.14. The molecule has 0 aliphatic heterocycles. The summed E-state index contributed by atoms with van der Waals surface area (Å²) in [7, 11) is 0. The van der Waals surface area contributed by atoms with E-state index in [4.69, 9.17) is 0 Å². The lowest BCUT2D eigenvalue weighted by Gasteiger charge is -2.06. The van der Waals surface area contributed by atoms with Gasteiger partial charge in [0, 0.05) is 12.1 Å². The van der Waals surface area contributed by atoms with E-state index in [1.54, 1.807) is 6.07 Å². The molecule has 4 heteroatoms. The number of carbonyl (C=O) groups excluding carboxylic acids is 1. The van der Waals surface area contributed by atoms with Gasteiger partial charge in [-0.1, -0.05) is 29.8 Å². The maximum Gasteiger partial charge on any atom is 0.251 e. The molecule has 0 atom stereocenters. The number of aryl methyl sites for hydroxylation is 1. The molecule has 0 unspecified atom stereocenters. The average Bonchev–Trinajstić information content (AvgIpc) is 2.42. The fourth-order valence-electron chi connectivity index (χ4n) is 1.93. The molecular weight excluding hydrogens is 321 g/mol. The smallest absolute Gasteiger partial charge is 0.251 e. The average molecular weight is 336 g/mol. The Hall–Kier alpha value is -1.68. The van der Waals surface area contributed by atoms with Crippen LogP contribution < -0.4 is 5.32 Å². The van der Waals surface area contributed by atoms with Gasteiger partial charge < -0.3 is 5.32 Å². The number of benzene rings is 2. The molecule has 0 aliphatic rings. The van der Waals surface area contributed by atoms with Gasteiger partial charge in [0.2, 0.25) is 0 Å².